The highest BCUT2D eigenvalue weighted by Crippen LogP contribution is 2.16. The Morgan fingerprint density at radius 2 is 2.38 bits per heavy atom. The van der Waals surface area contributed by atoms with Crippen molar-refractivity contribution in [2.45, 2.75) is 6.54 Å². The molecule has 0 radical (unpaired) electrons. The molecule has 1 heterocycles. The van der Waals surface area contributed by atoms with Crippen molar-refractivity contribution in [3.8, 4) is 0 Å². The number of H-pyrrole nitrogens is 1. The van der Waals surface area contributed by atoms with E-state index in [-0.39, 0.29) is 5.82 Å². The lowest BCUT2D eigenvalue weighted by molar-refractivity contribution is 0.629. The van der Waals surface area contributed by atoms with Crippen molar-refractivity contribution < 1.29 is 4.39 Å². The van der Waals surface area contributed by atoms with Gasteiger partial charge in [-0.05, 0) is 19.2 Å². The van der Waals surface area contributed by atoms with E-state index in [9.17, 15) is 4.39 Å². The fourth-order valence-electron chi connectivity index (χ4n) is 1.35. The molecule has 68 valence electrons. The third-order valence-corrected chi connectivity index (χ3v) is 1.95. The predicted molar refractivity (Wildman–Crippen MR) is 48.8 cm³/mol. The maximum atomic E-state index is 12.8. The minimum absolute atomic E-state index is 0.255. The van der Waals surface area contributed by atoms with E-state index in [1.54, 1.807) is 6.07 Å². The van der Waals surface area contributed by atoms with Crippen molar-refractivity contribution >= 4 is 10.9 Å². The smallest absolute Gasteiger partial charge is 0.125 e. The lowest BCUT2D eigenvalue weighted by Crippen LogP contribution is -2.05. The molecule has 13 heavy (non-hydrogen) atoms. The van der Waals surface area contributed by atoms with E-state index in [4.69, 9.17) is 0 Å². The molecule has 1 aromatic heterocycles. The number of nitrogens with zero attached hydrogens (tertiary/aromatic N) is 1. The van der Waals surface area contributed by atoms with Crippen LogP contribution < -0.4 is 5.32 Å². The van der Waals surface area contributed by atoms with Gasteiger partial charge in [0.05, 0.1) is 11.2 Å². The van der Waals surface area contributed by atoms with E-state index in [1.807, 2.05) is 7.05 Å². The van der Waals surface area contributed by atoms with Crippen LogP contribution >= 0.6 is 0 Å². The topological polar surface area (TPSA) is 40.7 Å². The van der Waals surface area contributed by atoms with E-state index in [0.29, 0.717) is 12.1 Å². The van der Waals surface area contributed by atoms with Crippen LogP contribution in [0.3, 0.4) is 0 Å². The Balaban J connectivity index is 2.55. The molecule has 0 saturated carbocycles. The van der Waals surface area contributed by atoms with Crippen LogP contribution in [0.4, 0.5) is 4.39 Å². The molecule has 0 aliphatic heterocycles. The molecule has 0 saturated heterocycles. The summed E-state index contributed by atoms with van der Waals surface area (Å²) in [6, 6.07) is 4.60. The molecular weight excluding hydrogens is 169 g/mol. The molecule has 3 nitrogen and oxygen atoms in total. The lowest BCUT2D eigenvalue weighted by Gasteiger charge is -1.95. The summed E-state index contributed by atoms with van der Waals surface area (Å²) in [6.07, 6.45) is 0. The predicted octanol–water partition coefficient (Wildman–Crippen LogP) is 1.42. The molecule has 2 rings (SSSR count). The zero-order chi connectivity index (χ0) is 9.26. The molecule has 0 aliphatic carbocycles. The molecule has 0 fully saturated rings. The van der Waals surface area contributed by atoms with E-state index >= 15 is 0 Å². The number of aromatic nitrogens is 2. The van der Waals surface area contributed by atoms with Gasteiger partial charge in [-0.2, -0.15) is 5.10 Å². The average Bonchev–Trinajstić information content (AvgIpc) is 2.49. The van der Waals surface area contributed by atoms with Crippen LogP contribution in [-0.2, 0) is 6.54 Å². The van der Waals surface area contributed by atoms with Crippen LogP contribution in [0.15, 0.2) is 18.2 Å². The first-order valence-corrected chi connectivity index (χ1v) is 4.08. The highest BCUT2D eigenvalue weighted by molar-refractivity contribution is 5.81. The van der Waals surface area contributed by atoms with Gasteiger partial charge >= 0.3 is 0 Å². The molecule has 0 aliphatic rings. The van der Waals surface area contributed by atoms with Crippen molar-refractivity contribution in [1.29, 1.82) is 0 Å². The summed E-state index contributed by atoms with van der Waals surface area (Å²) in [4.78, 5) is 0. The molecule has 1 aromatic carbocycles. The summed E-state index contributed by atoms with van der Waals surface area (Å²) in [5.74, 6) is -0.255. The van der Waals surface area contributed by atoms with E-state index in [2.05, 4.69) is 15.5 Å². The van der Waals surface area contributed by atoms with Crippen LogP contribution in [-0.4, -0.2) is 17.2 Å². The first kappa shape index (κ1) is 8.19. The van der Waals surface area contributed by atoms with Crippen molar-refractivity contribution in [2.24, 2.45) is 0 Å². The number of fused-ring (bicyclic) bond motifs is 1. The normalized spacial score (nSPS) is 10.9. The molecule has 0 atom stereocenters. The van der Waals surface area contributed by atoms with Gasteiger partial charge in [0.15, 0.2) is 0 Å². The average molecular weight is 179 g/mol. The van der Waals surface area contributed by atoms with Gasteiger partial charge < -0.3 is 5.32 Å². The third-order valence-electron chi connectivity index (χ3n) is 1.95. The van der Waals surface area contributed by atoms with Gasteiger partial charge in [-0.3, -0.25) is 5.10 Å². The van der Waals surface area contributed by atoms with E-state index in [0.717, 1.165) is 11.1 Å². The van der Waals surface area contributed by atoms with E-state index in [1.165, 1.54) is 12.1 Å². The first-order chi connectivity index (χ1) is 6.31. The molecule has 2 N–H and O–H groups in total. The number of rotatable bonds is 2. The van der Waals surface area contributed by atoms with E-state index < -0.39 is 0 Å². The van der Waals surface area contributed by atoms with Crippen LogP contribution in [0.2, 0.25) is 0 Å². The second kappa shape index (κ2) is 3.14. The fraction of sp³-hybridized carbons (Fsp3) is 0.222. The largest absolute Gasteiger partial charge is 0.314 e. The molecule has 0 bridgehead atoms. The van der Waals surface area contributed by atoms with Crippen molar-refractivity contribution in [2.75, 3.05) is 7.05 Å². The van der Waals surface area contributed by atoms with Crippen molar-refractivity contribution in [1.82, 2.24) is 15.5 Å². The standard InChI is InChI=1S/C9H10FN3/c1-11-5-9-7-3-2-6(10)4-8(7)12-13-9/h2-4,11H,5H2,1H3,(H,12,13). The Bertz CT molecular complexity index is 422. The summed E-state index contributed by atoms with van der Waals surface area (Å²) < 4.78 is 12.8. The Kier molecular flexibility index (Phi) is 1.98. The second-order valence-electron chi connectivity index (χ2n) is 2.89. The van der Waals surface area contributed by atoms with Crippen LogP contribution in [0.1, 0.15) is 5.69 Å². The fourth-order valence-corrected chi connectivity index (χ4v) is 1.35. The number of nitrogens with one attached hydrogen (secondary N) is 2. The monoisotopic (exact) mass is 179 g/mol. The number of aromatic amines is 1. The highest BCUT2D eigenvalue weighted by Gasteiger charge is 2.04. The number of hydrogen-bond acceptors (Lipinski definition) is 2. The summed E-state index contributed by atoms with van der Waals surface area (Å²) in [6.45, 7) is 0.710. The third kappa shape index (κ3) is 1.40. The second-order valence-corrected chi connectivity index (χ2v) is 2.89. The molecule has 2 aromatic rings. The van der Waals surface area contributed by atoms with Gasteiger partial charge in [-0.15, -0.1) is 0 Å². The summed E-state index contributed by atoms with van der Waals surface area (Å²) in [5, 5.41) is 10.8. The summed E-state index contributed by atoms with van der Waals surface area (Å²) in [5.41, 5.74) is 1.66. The van der Waals surface area contributed by atoms with Gasteiger partial charge in [0, 0.05) is 18.0 Å². The molecule has 4 heteroatoms. The van der Waals surface area contributed by atoms with Crippen molar-refractivity contribution in [3.63, 3.8) is 0 Å². The van der Waals surface area contributed by atoms with Crippen LogP contribution in [0, 0.1) is 5.82 Å². The minimum Gasteiger partial charge on any atom is -0.314 e. The Labute approximate surface area is 75.0 Å². The quantitative estimate of drug-likeness (QED) is 0.732. The zero-order valence-corrected chi connectivity index (χ0v) is 7.26. The van der Waals surface area contributed by atoms with Gasteiger partial charge in [-0.25, -0.2) is 4.39 Å². The molecule has 0 unspecified atom stereocenters. The molecule has 0 spiro atoms. The van der Waals surface area contributed by atoms with Gasteiger partial charge in [0.25, 0.3) is 0 Å². The summed E-state index contributed by atoms with van der Waals surface area (Å²) >= 11 is 0. The first-order valence-electron chi connectivity index (χ1n) is 4.08. The number of benzene rings is 1. The zero-order valence-electron chi connectivity index (χ0n) is 7.26. The van der Waals surface area contributed by atoms with Crippen LogP contribution in [0.25, 0.3) is 10.9 Å². The maximum absolute atomic E-state index is 12.8. The molecular formula is C9H10FN3. The number of hydrogen-bond donors (Lipinski definition) is 2. The van der Waals surface area contributed by atoms with Gasteiger partial charge in [-0.1, -0.05) is 0 Å². The summed E-state index contributed by atoms with van der Waals surface area (Å²) in [7, 11) is 1.86. The van der Waals surface area contributed by atoms with Crippen molar-refractivity contribution in [3.05, 3.63) is 29.7 Å². The lowest BCUT2D eigenvalue weighted by atomic mass is 10.2. The Hall–Kier alpha value is -1.42. The van der Waals surface area contributed by atoms with Gasteiger partial charge in [0.1, 0.15) is 5.82 Å². The highest BCUT2D eigenvalue weighted by atomic mass is 19.1. The Morgan fingerprint density at radius 1 is 1.54 bits per heavy atom. The maximum Gasteiger partial charge on any atom is 0.125 e. The Morgan fingerprint density at radius 3 is 3.15 bits per heavy atom. The molecule has 0 amide bonds. The number of halogens is 1. The minimum atomic E-state index is -0.255. The van der Waals surface area contributed by atoms with Gasteiger partial charge in [0.2, 0.25) is 0 Å². The van der Waals surface area contributed by atoms with Crippen LogP contribution in [0.5, 0.6) is 0 Å². The SMILES string of the molecule is CNCc1[nH]nc2cc(F)ccc12.